The molecule has 3 aromatic carbocycles. The predicted molar refractivity (Wildman–Crippen MR) is 163 cm³/mol. The van der Waals surface area contributed by atoms with Crippen molar-refractivity contribution >= 4 is 23.6 Å². The van der Waals surface area contributed by atoms with Gasteiger partial charge in [-0.25, -0.2) is 5.01 Å². The Bertz CT molecular complexity index is 1240. The Labute approximate surface area is 242 Å². The lowest BCUT2D eigenvalue weighted by Crippen LogP contribution is -2.71. The van der Waals surface area contributed by atoms with Gasteiger partial charge in [-0.05, 0) is 18.1 Å². The molecule has 2 aliphatic heterocycles. The number of amides is 2. The Kier molecular flexibility index (Phi) is 10.7. The Morgan fingerprint density at radius 3 is 2.08 bits per heavy atom. The maximum Gasteiger partial charge on any atom is 0.242 e. The number of aryl methyl sites for hydroxylation is 1. The van der Waals surface area contributed by atoms with E-state index in [4.69, 9.17) is 0 Å². The average molecular weight is 558 g/mol. The number of hydrogen-bond donors (Lipinski definition) is 1. The number of benzene rings is 3. The lowest BCUT2D eigenvalue weighted by molar-refractivity contribution is -0.182. The minimum absolute atomic E-state index is 0.00673. The molecular weight excluding hydrogens is 518 g/mol. The molecule has 0 aliphatic carbocycles. The van der Waals surface area contributed by atoms with Crippen LogP contribution in [0.3, 0.4) is 0 Å². The summed E-state index contributed by atoms with van der Waals surface area (Å²) in [6, 6.07) is 30.7. The molecule has 2 fully saturated rings. The molecule has 210 valence electrons. The highest BCUT2D eigenvalue weighted by Crippen LogP contribution is 2.24. The summed E-state index contributed by atoms with van der Waals surface area (Å²) in [5, 5.41) is 7.29. The van der Waals surface area contributed by atoms with Crippen molar-refractivity contribution in [1.82, 2.24) is 25.1 Å². The lowest BCUT2D eigenvalue weighted by Gasteiger charge is -2.53. The van der Waals surface area contributed by atoms with Gasteiger partial charge in [0.05, 0.1) is 13.1 Å². The predicted octanol–water partition coefficient (Wildman–Crippen LogP) is 4.34. The fourth-order valence-corrected chi connectivity index (χ4v) is 5.68. The molecule has 0 radical (unpaired) electrons. The summed E-state index contributed by atoms with van der Waals surface area (Å²) in [5.74, 6) is 2.47. The van der Waals surface area contributed by atoms with E-state index in [2.05, 4.69) is 55.2 Å². The van der Waals surface area contributed by atoms with Gasteiger partial charge in [-0.2, -0.15) is 11.8 Å². The zero-order valence-corrected chi connectivity index (χ0v) is 24.2. The zero-order valence-electron chi connectivity index (χ0n) is 23.4. The van der Waals surface area contributed by atoms with Gasteiger partial charge in [0, 0.05) is 31.6 Å². The molecule has 1 unspecified atom stereocenters. The minimum Gasteiger partial charge on any atom is -0.367 e. The topological polar surface area (TPSA) is 59.1 Å². The van der Waals surface area contributed by atoms with Crippen LogP contribution in [0.4, 0.5) is 0 Å². The Morgan fingerprint density at radius 1 is 0.875 bits per heavy atom. The fourth-order valence-electron chi connectivity index (χ4n) is 4.76. The highest BCUT2D eigenvalue weighted by atomic mass is 32.2. The van der Waals surface area contributed by atoms with E-state index in [0.29, 0.717) is 19.6 Å². The van der Waals surface area contributed by atoms with Crippen LogP contribution in [0.15, 0.2) is 103 Å². The number of fused-ring (bicyclic) bond motifs is 1. The first-order valence-electron chi connectivity index (χ1n) is 13.6. The van der Waals surface area contributed by atoms with Gasteiger partial charge in [-0.3, -0.25) is 14.6 Å². The molecule has 1 atom stereocenters. The van der Waals surface area contributed by atoms with E-state index in [-0.39, 0.29) is 31.1 Å². The van der Waals surface area contributed by atoms with Crippen LogP contribution in [0.2, 0.25) is 0 Å². The van der Waals surface area contributed by atoms with Gasteiger partial charge in [0.1, 0.15) is 18.5 Å². The standard InChI is InChI=1S/C25H31N5O2S.C7H8/c1-20(26-15-21-9-5-3-6-10-21)30-23-16-28(13-14-33-19-22-11-7-4-8-12-22)24(31)18-29(23)25(32)17-27(30)2;1-7-5-3-2-4-6-7/h3-12,23,26H,1,13-19H2,2H3;2-6H,1H3. The van der Waals surface area contributed by atoms with Gasteiger partial charge in [0.2, 0.25) is 11.8 Å². The largest absolute Gasteiger partial charge is 0.367 e. The van der Waals surface area contributed by atoms with Gasteiger partial charge in [-0.1, -0.05) is 103 Å². The SMILES string of the molecule is C=C(NCc1ccccc1)N1C2CN(CCSCc3ccccc3)C(=O)CN2C(=O)CN1C.Cc1ccccc1. The summed E-state index contributed by atoms with van der Waals surface area (Å²) in [6.07, 6.45) is -0.260. The molecule has 8 heteroatoms. The fraction of sp³-hybridized carbons (Fsp3) is 0.312. The van der Waals surface area contributed by atoms with Crippen molar-refractivity contribution < 1.29 is 9.59 Å². The van der Waals surface area contributed by atoms with Crippen molar-refractivity contribution in [1.29, 1.82) is 0 Å². The van der Waals surface area contributed by atoms with Crippen LogP contribution < -0.4 is 5.32 Å². The Hall–Kier alpha value is -3.75. The van der Waals surface area contributed by atoms with Gasteiger partial charge in [0.15, 0.2) is 0 Å². The molecule has 2 amide bonds. The number of hydrogen-bond acceptors (Lipinski definition) is 6. The Balaban J connectivity index is 0.000000461. The molecule has 2 heterocycles. The van der Waals surface area contributed by atoms with Crippen molar-refractivity contribution in [2.24, 2.45) is 0 Å². The molecule has 0 bridgehead atoms. The van der Waals surface area contributed by atoms with E-state index >= 15 is 0 Å². The van der Waals surface area contributed by atoms with E-state index in [1.54, 1.807) is 4.90 Å². The summed E-state index contributed by atoms with van der Waals surface area (Å²) in [7, 11) is 1.89. The van der Waals surface area contributed by atoms with E-state index in [9.17, 15) is 9.59 Å². The van der Waals surface area contributed by atoms with Crippen LogP contribution in [0.1, 0.15) is 16.7 Å². The average Bonchev–Trinajstić information content (AvgIpc) is 2.97. The van der Waals surface area contributed by atoms with E-state index in [0.717, 1.165) is 22.9 Å². The molecule has 40 heavy (non-hydrogen) atoms. The van der Waals surface area contributed by atoms with Gasteiger partial charge >= 0.3 is 0 Å². The number of nitrogens with zero attached hydrogens (tertiary/aromatic N) is 4. The number of likely N-dealkylation sites (N-methyl/N-ethyl adjacent to an activating group) is 1. The van der Waals surface area contributed by atoms with Crippen LogP contribution >= 0.6 is 11.8 Å². The maximum atomic E-state index is 12.8. The zero-order chi connectivity index (χ0) is 28.3. The van der Waals surface area contributed by atoms with Gasteiger partial charge in [-0.15, -0.1) is 0 Å². The molecule has 0 aromatic heterocycles. The van der Waals surface area contributed by atoms with Crippen LogP contribution in [0.25, 0.3) is 0 Å². The van der Waals surface area contributed by atoms with Crippen LogP contribution in [0, 0.1) is 6.92 Å². The summed E-state index contributed by atoms with van der Waals surface area (Å²) in [4.78, 5) is 29.0. The van der Waals surface area contributed by atoms with Crippen LogP contribution in [0.5, 0.6) is 0 Å². The van der Waals surface area contributed by atoms with Gasteiger partial charge < -0.3 is 15.1 Å². The smallest absolute Gasteiger partial charge is 0.242 e. The Morgan fingerprint density at radius 2 is 1.48 bits per heavy atom. The molecule has 2 saturated heterocycles. The quantitative estimate of drug-likeness (QED) is 0.395. The monoisotopic (exact) mass is 557 g/mol. The molecule has 0 saturated carbocycles. The molecule has 7 nitrogen and oxygen atoms in total. The van der Waals surface area contributed by atoms with Crippen molar-refractivity contribution in [3.8, 4) is 0 Å². The summed E-state index contributed by atoms with van der Waals surface area (Å²) in [5.41, 5.74) is 3.76. The van der Waals surface area contributed by atoms with Crippen LogP contribution in [-0.4, -0.2) is 76.8 Å². The molecule has 2 aliphatic rings. The van der Waals surface area contributed by atoms with E-state index in [1.807, 2.05) is 88.3 Å². The number of carbonyl (C=O) groups is 2. The second-order valence-corrected chi connectivity index (χ2v) is 11.1. The number of nitrogens with one attached hydrogen (secondary N) is 1. The lowest BCUT2D eigenvalue weighted by atomic mass is 10.2. The number of thioether (sulfide) groups is 1. The van der Waals surface area contributed by atoms with E-state index in [1.165, 1.54) is 11.1 Å². The first-order chi connectivity index (χ1) is 19.4. The molecule has 3 aromatic rings. The maximum absolute atomic E-state index is 12.8. The summed E-state index contributed by atoms with van der Waals surface area (Å²) >= 11 is 1.82. The number of rotatable bonds is 9. The number of carbonyl (C=O) groups excluding carboxylic acids is 2. The minimum atomic E-state index is -0.260. The van der Waals surface area contributed by atoms with Crippen molar-refractivity contribution in [2.45, 2.75) is 25.4 Å². The normalized spacial score (nSPS) is 17.1. The third-order valence-electron chi connectivity index (χ3n) is 6.91. The third kappa shape index (κ3) is 8.13. The highest BCUT2D eigenvalue weighted by molar-refractivity contribution is 7.98. The third-order valence-corrected chi connectivity index (χ3v) is 7.92. The van der Waals surface area contributed by atoms with Crippen LogP contribution in [-0.2, 0) is 21.9 Å². The first-order valence-corrected chi connectivity index (χ1v) is 14.8. The highest BCUT2D eigenvalue weighted by Gasteiger charge is 2.44. The molecular formula is C32H39N5O2S. The summed E-state index contributed by atoms with van der Waals surface area (Å²) < 4.78 is 0. The molecule has 1 N–H and O–H groups in total. The van der Waals surface area contributed by atoms with Gasteiger partial charge in [0.25, 0.3) is 0 Å². The van der Waals surface area contributed by atoms with Crippen molar-refractivity contribution in [2.75, 3.05) is 39.0 Å². The second kappa shape index (κ2) is 14.6. The molecule has 5 rings (SSSR count). The summed E-state index contributed by atoms with van der Waals surface area (Å²) in [6.45, 7) is 8.43. The number of piperazine rings is 1. The second-order valence-electron chi connectivity index (χ2n) is 9.98. The van der Waals surface area contributed by atoms with Crippen molar-refractivity contribution in [3.63, 3.8) is 0 Å². The van der Waals surface area contributed by atoms with E-state index < -0.39 is 0 Å². The first kappa shape index (κ1) is 29.2. The molecule has 0 spiro atoms. The van der Waals surface area contributed by atoms with Crippen molar-refractivity contribution in [3.05, 3.63) is 120 Å². The number of hydrazine groups is 1.